The van der Waals surface area contributed by atoms with Gasteiger partial charge in [0.25, 0.3) is 5.91 Å². The van der Waals surface area contributed by atoms with Crippen molar-refractivity contribution in [3.05, 3.63) is 89.8 Å². The second-order valence-electron chi connectivity index (χ2n) is 6.75. The van der Waals surface area contributed by atoms with Gasteiger partial charge in [0.1, 0.15) is 36.4 Å². The standard InChI is InChI=1S/C26H23FN2O4/c1-2-31-25-17-19(12-13-24(25)33-15-14-32-21-8-4-3-5-9-21)16-20(18-28)26(30)29-23-11-7-6-10-22(23)27/h3-13,16-17H,2,14-15H2,1H3,(H,29,30)/b20-16-. The fourth-order valence-corrected chi connectivity index (χ4v) is 2.90. The molecule has 0 atom stereocenters. The minimum atomic E-state index is -0.709. The molecule has 0 saturated heterocycles. The number of anilines is 1. The quantitative estimate of drug-likeness (QED) is 0.262. The van der Waals surface area contributed by atoms with Crippen molar-refractivity contribution in [2.24, 2.45) is 0 Å². The molecule has 1 N–H and O–H groups in total. The van der Waals surface area contributed by atoms with Crippen LogP contribution < -0.4 is 19.5 Å². The second-order valence-corrected chi connectivity index (χ2v) is 6.75. The highest BCUT2D eigenvalue weighted by molar-refractivity contribution is 6.09. The molecule has 0 unspecified atom stereocenters. The first-order valence-corrected chi connectivity index (χ1v) is 10.4. The van der Waals surface area contributed by atoms with Gasteiger partial charge in [-0.1, -0.05) is 36.4 Å². The van der Waals surface area contributed by atoms with Crippen molar-refractivity contribution >= 4 is 17.7 Å². The molecule has 0 bridgehead atoms. The van der Waals surface area contributed by atoms with Crippen LogP contribution in [-0.2, 0) is 4.79 Å². The summed E-state index contributed by atoms with van der Waals surface area (Å²) in [6, 6.07) is 22.1. The first-order chi connectivity index (χ1) is 16.1. The lowest BCUT2D eigenvalue weighted by atomic mass is 10.1. The number of ether oxygens (including phenoxy) is 3. The van der Waals surface area contributed by atoms with E-state index in [0.717, 1.165) is 5.75 Å². The highest BCUT2D eigenvalue weighted by atomic mass is 19.1. The van der Waals surface area contributed by atoms with E-state index in [-0.39, 0.29) is 11.3 Å². The Morgan fingerprint density at radius 3 is 2.42 bits per heavy atom. The first kappa shape index (κ1) is 23.4. The molecule has 0 fully saturated rings. The number of benzene rings is 3. The predicted molar refractivity (Wildman–Crippen MR) is 124 cm³/mol. The maximum absolute atomic E-state index is 13.8. The van der Waals surface area contributed by atoms with Gasteiger partial charge in [-0.15, -0.1) is 0 Å². The first-order valence-electron chi connectivity index (χ1n) is 10.4. The van der Waals surface area contributed by atoms with Crippen molar-refractivity contribution in [2.75, 3.05) is 25.1 Å². The third-order valence-electron chi connectivity index (χ3n) is 4.42. The Hall–Kier alpha value is -4.31. The molecule has 168 valence electrons. The van der Waals surface area contributed by atoms with Crippen molar-refractivity contribution in [1.82, 2.24) is 0 Å². The zero-order valence-corrected chi connectivity index (χ0v) is 18.1. The molecule has 0 saturated carbocycles. The average Bonchev–Trinajstić information content (AvgIpc) is 2.83. The number of amides is 1. The number of para-hydroxylation sites is 2. The second kappa shape index (κ2) is 11.9. The van der Waals surface area contributed by atoms with Crippen LogP contribution in [0.15, 0.2) is 78.4 Å². The van der Waals surface area contributed by atoms with Crippen molar-refractivity contribution < 1.29 is 23.4 Å². The molecule has 1 amide bonds. The van der Waals surface area contributed by atoms with Crippen LogP contribution in [-0.4, -0.2) is 25.7 Å². The van der Waals surface area contributed by atoms with E-state index in [4.69, 9.17) is 14.2 Å². The molecule has 33 heavy (non-hydrogen) atoms. The van der Waals surface area contributed by atoms with Gasteiger partial charge in [-0.3, -0.25) is 4.79 Å². The van der Waals surface area contributed by atoms with Crippen LogP contribution in [0.3, 0.4) is 0 Å². The Labute approximate surface area is 191 Å². The number of hydrogen-bond donors (Lipinski definition) is 1. The van der Waals surface area contributed by atoms with Crippen molar-refractivity contribution in [3.8, 4) is 23.3 Å². The molecule has 6 nitrogen and oxygen atoms in total. The Morgan fingerprint density at radius 2 is 1.70 bits per heavy atom. The lowest BCUT2D eigenvalue weighted by molar-refractivity contribution is -0.112. The van der Waals surface area contributed by atoms with Gasteiger partial charge in [0.2, 0.25) is 0 Å². The number of nitriles is 1. The fraction of sp³-hybridized carbons (Fsp3) is 0.154. The summed E-state index contributed by atoms with van der Waals surface area (Å²) < 4.78 is 30.8. The highest BCUT2D eigenvalue weighted by Gasteiger charge is 2.13. The van der Waals surface area contributed by atoms with Crippen LogP contribution in [0.4, 0.5) is 10.1 Å². The molecule has 3 aromatic carbocycles. The molecule has 0 heterocycles. The Morgan fingerprint density at radius 1 is 0.970 bits per heavy atom. The summed E-state index contributed by atoms with van der Waals surface area (Å²) in [5, 5.41) is 11.8. The Bertz CT molecular complexity index is 1160. The van der Waals surface area contributed by atoms with Crippen molar-refractivity contribution in [3.63, 3.8) is 0 Å². The van der Waals surface area contributed by atoms with Gasteiger partial charge in [-0.25, -0.2) is 4.39 Å². The normalized spacial score (nSPS) is 10.8. The fourth-order valence-electron chi connectivity index (χ4n) is 2.90. The van der Waals surface area contributed by atoms with Gasteiger partial charge >= 0.3 is 0 Å². The average molecular weight is 446 g/mol. The lowest BCUT2D eigenvalue weighted by Crippen LogP contribution is -2.14. The molecule has 0 radical (unpaired) electrons. The molecule has 0 spiro atoms. The number of carbonyl (C=O) groups excluding carboxylic acids is 1. The third-order valence-corrected chi connectivity index (χ3v) is 4.42. The van der Waals surface area contributed by atoms with Gasteiger partial charge in [0.15, 0.2) is 11.5 Å². The van der Waals surface area contributed by atoms with Gasteiger partial charge in [0.05, 0.1) is 12.3 Å². The molecule has 3 rings (SSSR count). The number of halogens is 1. The third kappa shape index (κ3) is 6.84. The van der Waals surface area contributed by atoms with E-state index in [1.165, 1.54) is 24.3 Å². The number of carbonyl (C=O) groups is 1. The summed E-state index contributed by atoms with van der Waals surface area (Å²) in [5.41, 5.74) is 0.386. The number of rotatable bonds is 10. The SMILES string of the molecule is CCOc1cc(/C=C(/C#N)C(=O)Nc2ccccc2F)ccc1OCCOc1ccccc1. The summed E-state index contributed by atoms with van der Waals surface area (Å²) in [6.45, 7) is 2.90. The van der Waals surface area contributed by atoms with Gasteiger partial charge < -0.3 is 19.5 Å². The molecule has 7 heteroatoms. The van der Waals surface area contributed by atoms with Crippen LogP contribution in [0.5, 0.6) is 17.2 Å². The van der Waals surface area contributed by atoms with Crippen LogP contribution >= 0.6 is 0 Å². The van der Waals surface area contributed by atoms with E-state index >= 15 is 0 Å². The van der Waals surface area contributed by atoms with Crippen LogP contribution in [0.1, 0.15) is 12.5 Å². The zero-order valence-electron chi connectivity index (χ0n) is 18.1. The van der Waals surface area contributed by atoms with E-state index in [1.807, 2.05) is 43.3 Å². The number of nitrogens with one attached hydrogen (secondary N) is 1. The van der Waals surface area contributed by atoms with E-state index in [2.05, 4.69) is 5.32 Å². The zero-order chi connectivity index (χ0) is 23.5. The van der Waals surface area contributed by atoms with Gasteiger partial charge in [-0.05, 0) is 55.0 Å². The molecular formula is C26H23FN2O4. The summed E-state index contributed by atoms with van der Waals surface area (Å²) in [6.07, 6.45) is 1.40. The molecule has 0 aromatic heterocycles. The van der Waals surface area contributed by atoms with E-state index in [1.54, 1.807) is 24.3 Å². The summed E-state index contributed by atoms with van der Waals surface area (Å²) >= 11 is 0. The molecule has 0 aliphatic rings. The minimum absolute atomic E-state index is 0.000116. The Balaban J connectivity index is 1.68. The largest absolute Gasteiger partial charge is 0.490 e. The summed E-state index contributed by atoms with van der Waals surface area (Å²) in [7, 11) is 0. The van der Waals surface area contributed by atoms with Crippen LogP contribution in [0, 0.1) is 17.1 Å². The van der Waals surface area contributed by atoms with Crippen molar-refractivity contribution in [1.29, 1.82) is 5.26 Å². The topological polar surface area (TPSA) is 80.6 Å². The molecule has 0 aliphatic carbocycles. The Kier molecular flexibility index (Phi) is 8.43. The highest BCUT2D eigenvalue weighted by Crippen LogP contribution is 2.29. The maximum atomic E-state index is 13.8. The van der Waals surface area contributed by atoms with Crippen LogP contribution in [0.2, 0.25) is 0 Å². The van der Waals surface area contributed by atoms with E-state index in [0.29, 0.717) is 36.9 Å². The summed E-state index contributed by atoms with van der Waals surface area (Å²) in [4.78, 5) is 12.4. The van der Waals surface area contributed by atoms with Gasteiger partial charge in [-0.2, -0.15) is 5.26 Å². The van der Waals surface area contributed by atoms with E-state index in [9.17, 15) is 14.4 Å². The van der Waals surface area contributed by atoms with Gasteiger partial charge in [0, 0.05) is 0 Å². The number of nitrogens with zero attached hydrogens (tertiary/aromatic N) is 1. The smallest absolute Gasteiger partial charge is 0.266 e. The molecule has 3 aromatic rings. The molecule has 0 aliphatic heterocycles. The van der Waals surface area contributed by atoms with E-state index < -0.39 is 11.7 Å². The predicted octanol–water partition coefficient (Wildman–Crippen LogP) is 5.23. The minimum Gasteiger partial charge on any atom is -0.490 e. The van der Waals surface area contributed by atoms with Crippen molar-refractivity contribution in [2.45, 2.75) is 6.92 Å². The molecular weight excluding hydrogens is 423 g/mol. The lowest BCUT2D eigenvalue weighted by Gasteiger charge is -2.13. The number of hydrogen-bond acceptors (Lipinski definition) is 5. The summed E-state index contributed by atoms with van der Waals surface area (Å²) in [5.74, 6) is 0.445. The maximum Gasteiger partial charge on any atom is 0.266 e. The van der Waals surface area contributed by atoms with Crippen LogP contribution in [0.25, 0.3) is 6.08 Å². The monoisotopic (exact) mass is 446 g/mol.